The Hall–Kier alpha value is -2.48. The van der Waals surface area contributed by atoms with Crippen LogP contribution in [0.25, 0.3) is 0 Å². The normalized spacial score (nSPS) is 23.3. The van der Waals surface area contributed by atoms with Crippen LogP contribution in [0.3, 0.4) is 0 Å². The number of aromatic nitrogens is 1. The third kappa shape index (κ3) is 4.57. The molecule has 0 aromatic carbocycles. The number of carbonyl (C=O) groups is 2. The van der Waals surface area contributed by atoms with Gasteiger partial charge in [-0.1, -0.05) is 0 Å². The van der Waals surface area contributed by atoms with E-state index in [2.05, 4.69) is 20.8 Å². The summed E-state index contributed by atoms with van der Waals surface area (Å²) in [5.74, 6) is 0.634. The lowest BCUT2D eigenvalue weighted by atomic mass is 9.75. The molecule has 2 amide bonds. The molecule has 140 valence electrons. The second-order valence-corrected chi connectivity index (χ2v) is 6.80. The van der Waals surface area contributed by atoms with Gasteiger partial charge in [-0.2, -0.15) is 5.10 Å². The van der Waals surface area contributed by atoms with Crippen LogP contribution in [0.5, 0.6) is 5.75 Å². The molecule has 2 aliphatic rings. The van der Waals surface area contributed by atoms with Gasteiger partial charge in [-0.25, -0.2) is 5.43 Å². The van der Waals surface area contributed by atoms with Crippen molar-refractivity contribution in [2.75, 3.05) is 7.11 Å². The summed E-state index contributed by atoms with van der Waals surface area (Å²) in [6.45, 7) is 0. The number of carbonyl (C=O) groups excluding carboxylic acids is 2. The third-order valence-corrected chi connectivity index (χ3v) is 4.89. The van der Waals surface area contributed by atoms with Crippen LogP contribution >= 0.6 is 0 Å². The first-order chi connectivity index (χ1) is 12.5. The number of nitrogens with one attached hydrogen (secondary N) is 2. The SMILES string of the molecule is COc1cncc([C@H](NC(=O)CCC2=NNC(=O)CC2)C2CC(O)C2)c1. The lowest BCUT2D eigenvalue weighted by molar-refractivity contribution is -0.123. The summed E-state index contributed by atoms with van der Waals surface area (Å²) in [4.78, 5) is 27.7. The molecule has 0 radical (unpaired) electrons. The van der Waals surface area contributed by atoms with E-state index >= 15 is 0 Å². The van der Waals surface area contributed by atoms with Gasteiger partial charge in [-0.05, 0) is 43.2 Å². The second-order valence-electron chi connectivity index (χ2n) is 6.80. The van der Waals surface area contributed by atoms with Crippen LogP contribution in [0.15, 0.2) is 23.6 Å². The number of ether oxygens (including phenoxy) is 1. The molecular formula is C18H24N4O4. The minimum Gasteiger partial charge on any atom is -0.495 e. The summed E-state index contributed by atoms with van der Waals surface area (Å²) in [6.07, 6.45) is 6.17. The zero-order valence-corrected chi connectivity index (χ0v) is 14.8. The van der Waals surface area contributed by atoms with Gasteiger partial charge in [0.2, 0.25) is 11.8 Å². The number of hydrogen-bond donors (Lipinski definition) is 3. The predicted molar refractivity (Wildman–Crippen MR) is 94.4 cm³/mol. The Morgan fingerprint density at radius 3 is 2.88 bits per heavy atom. The maximum absolute atomic E-state index is 12.4. The zero-order chi connectivity index (χ0) is 18.5. The number of aliphatic hydroxyl groups excluding tert-OH is 1. The standard InChI is InChI=1S/C18H24N4O4/c1-26-15-8-12(9-19-10-15)18(11-6-14(23)7-11)20-16(24)4-2-13-3-5-17(25)22-21-13/h8-11,14,18,23H,2-7H2,1H3,(H,20,24)(H,22,25)/t11?,14?,18-/m1/s1. The van der Waals surface area contributed by atoms with E-state index in [4.69, 9.17) is 4.74 Å². The smallest absolute Gasteiger partial charge is 0.240 e. The lowest BCUT2D eigenvalue weighted by Crippen LogP contribution is -2.41. The molecule has 1 fully saturated rings. The van der Waals surface area contributed by atoms with Crippen LogP contribution in [-0.4, -0.2) is 40.8 Å². The van der Waals surface area contributed by atoms with Crippen molar-refractivity contribution in [1.29, 1.82) is 0 Å². The van der Waals surface area contributed by atoms with Gasteiger partial charge in [0.25, 0.3) is 0 Å². The van der Waals surface area contributed by atoms with Crippen LogP contribution < -0.4 is 15.5 Å². The average molecular weight is 360 g/mol. The number of methoxy groups -OCH3 is 1. The van der Waals surface area contributed by atoms with Crippen molar-refractivity contribution in [2.45, 2.75) is 50.7 Å². The second kappa shape index (κ2) is 8.27. The van der Waals surface area contributed by atoms with Crippen molar-refractivity contribution < 1.29 is 19.4 Å². The summed E-state index contributed by atoms with van der Waals surface area (Å²) in [5.41, 5.74) is 4.15. The van der Waals surface area contributed by atoms with E-state index in [1.54, 1.807) is 19.5 Å². The Morgan fingerprint density at radius 2 is 2.23 bits per heavy atom. The first kappa shape index (κ1) is 18.3. The zero-order valence-electron chi connectivity index (χ0n) is 14.8. The molecule has 8 heteroatoms. The minimum atomic E-state index is -0.307. The molecule has 1 aliphatic carbocycles. The van der Waals surface area contributed by atoms with E-state index in [1.807, 2.05) is 6.07 Å². The number of hydrogen-bond acceptors (Lipinski definition) is 6. The van der Waals surface area contributed by atoms with Gasteiger partial charge in [0, 0.05) is 24.8 Å². The molecule has 1 aliphatic heterocycles. The van der Waals surface area contributed by atoms with Crippen LogP contribution in [0, 0.1) is 5.92 Å². The molecule has 8 nitrogen and oxygen atoms in total. The van der Waals surface area contributed by atoms with Gasteiger partial charge in [0.1, 0.15) is 5.75 Å². The van der Waals surface area contributed by atoms with Crippen LogP contribution in [0.2, 0.25) is 0 Å². The first-order valence-corrected chi connectivity index (χ1v) is 8.86. The number of pyridine rings is 1. The molecule has 1 saturated carbocycles. The van der Waals surface area contributed by atoms with Crippen molar-refractivity contribution in [3.63, 3.8) is 0 Å². The lowest BCUT2D eigenvalue weighted by Gasteiger charge is -2.38. The first-order valence-electron chi connectivity index (χ1n) is 8.86. The van der Waals surface area contributed by atoms with Crippen LogP contribution in [0.1, 0.15) is 50.1 Å². The van der Waals surface area contributed by atoms with Gasteiger partial charge < -0.3 is 15.2 Å². The van der Waals surface area contributed by atoms with E-state index in [0.29, 0.717) is 44.3 Å². The van der Waals surface area contributed by atoms with Gasteiger partial charge in [0.15, 0.2) is 0 Å². The Labute approximate surface area is 152 Å². The van der Waals surface area contributed by atoms with E-state index in [9.17, 15) is 14.7 Å². The Bertz CT molecular complexity index is 700. The fourth-order valence-corrected chi connectivity index (χ4v) is 3.29. The van der Waals surface area contributed by atoms with E-state index in [-0.39, 0.29) is 29.9 Å². The maximum Gasteiger partial charge on any atom is 0.240 e. The van der Waals surface area contributed by atoms with Gasteiger partial charge >= 0.3 is 0 Å². The highest BCUT2D eigenvalue weighted by Gasteiger charge is 2.36. The Kier molecular flexibility index (Phi) is 5.82. The van der Waals surface area contributed by atoms with E-state index in [1.165, 1.54) is 0 Å². The largest absolute Gasteiger partial charge is 0.495 e. The molecule has 2 heterocycles. The fourth-order valence-electron chi connectivity index (χ4n) is 3.29. The van der Waals surface area contributed by atoms with Crippen LogP contribution in [-0.2, 0) is 9.59 Å². The van der Waals surface area contributed by atoms with Gasteiger partial charge in [-0.3, -0.25) is 14.6 Å². The molecular weight excluding hydrogens is 336 g/mol. The summed E-state index contributed by atoms with van der Waals surface area (Å²) in [6, 6.07) is 1.66. The van der Waals surface area contributed by atoms with Gasteiger partial charge in [0.05, 0.1) is 25.5 Å². The summed E-state index contributed by atoms with van der Waals surface area (Å²) < 4.78 is 5.22. The molecule has 1 aromatic rings. The monoisotopic (exact) mass is 360 g/mol. The molecule has 3 N–H and O–H groups in total. The van der Waals surface area contributed by atoms with Crippen molar-refractivity contribution in [2.24, 2.45) is 11.0 Å². The molecule has 0 bridgehead atoms. The highest BCUT2D eigenvalue weighted by atomic mass is 16.5. The maximum atomic E-state index is 12.4. The Morgan fingerprint density at radius 1 is 1.42 bits per heavy atom. The topological polar surface area (TPSA) is 113 Å². The van der Waals surface area contributed by atoms with Gasteiger partial charge in [-0.15, -0.1) is 0 Å². The quantitative estimate of drug-likeness (QED) is 0.673. The van der Waals surface area contributed by atoms with E-state index in [0.717, 1.165) is 11.3 Å². The predicted octanol–water partition coefficient (Wildman–Crippen LogP) is 1.06. The number of amides is 2. The minimum absolute atomic E-state index is 0.0844. The molecule has 3 rings (SSSR count). The molecule has 1 atom stereocenters. The Balaban J connectivity index is 1.61. The number of rotatable bonds is 7. The average Bonchev–Trinajstić information content (AvgIpc) is 2.63. The van der Waals surface area contributed by atoms with Crippen molar-refractivity contribution in [1.82, 2.24) is 15.7 Å². The molecule has 0 unspecified atom stereocenters. The highest BCUT2D eigenvalue weighted by Crippen LogP contribution is 2.38. The summed E-state index contributed by atoms with van der Waals surface area (Å²) >= 11 is 0. The van der Waals surface area contributed by atoms with Crippen molar-refractivity contribution >= 4 is 17.5 Å². The molecule has 0 saturated heterocycles. The molecule has 0 spiro atoms. The number of hydrazone groups is 1. The third-order valence-electron chi connectivity index (χ3n) is 4.89. The van der Waals surface area contributed by atoms with Crippen LogP contribution in [0.4, 0.5) is 0 Å². The fraction of sp³-hybridized carbons (Fsp3) is 0.556. The number of nitrogens with zero attached hydrogens (tertiary/aromatic N) is 2. The van der Waals surface area contributed by atoms with E-state index < -0.39 is 0 Å². The molecule has 1 aromatic heterocycles. The van der Waals surface area contributed by atoms with Crippen molar-refractivity contribution in [3.05, 3.63) is 24.0 Å². The summed E-state index contributed by atoms with van der Waals surface area (Å²) in [5, 5.41) is 16.7. The molecule has 26 heavy (non-hydrogen) atoms. The number of aliphatic hydroxyl groups is 1. The summed E-state index contributed by atoms with van der Waals surface area (Å²) in [7, 11) is 1.57. The van der Waals surface area contributed by atoms with Crippen molar-refractivity contribution in [3.8, 4) is 5.75 Å². The highest BCUT2D eigenvalue weighted by molar-refractivity contribution is 5.94.